The molecule has 2 fully saturated rings. The molecule has 1 aromatic rings. The van der Waals surface area contributed by atoms with Crippen molar-refractivity contribution in [1.29, 1.82) is 0 Å². The first-order chi connectivity index (χ1) is 11.4. The Labute approximate surface area is 150 Å². The fourth-order valence-electron chi connectivity index (χ4n) is 3.19. The van der Waals surface area contributed by atoms with Crippen LogP contribution in [-0.4, -0.2) is 74.5 Å². The van der Waals surface area contributed by atoms with Crippen LogP contribution in [0.25, 0.3) is 0 Å². The van der Waals surface area contributed by atoms with E-state index in [1.54, 1.807) is 4.90 Å². The first kappa shape index (κ1) is 17.7. The van der Waals surface area contributed by atoms with Crippen molar-refractivity contribution in [2.75, 3.05) is 44.3 Å². The fraction of sp³-hybridized carbons (Fsp3) is 0.562. The smallest absolute Gasteiger partial charge is 0.260 e. The second-order valence-electron chi connectivity index (χ2n) is 6.22. The van der Waals surface area contributed by atoms with E-state index in [0.29, 0.717) is 25.3 Å². The molecule has 2 saturated heterocycles. The Hall–Kier alpha value is -1.12. The average Bonchev–Trinajstić information content (AvgIpc) is 2.93. The van der Waals surface area contributed by atoms with Crippen molar-refractivity contribution in [1.82, 2.24) is 9.80 Å². The van der Waals surface area contributed by atoms with Crippen molar-refractivity contribution >= 4 is 31.7 Å². The highest BCUT2D eigenvalue weighted by atomic mass is 79.9. The Balaban J connectivity index is 1.45. The minimum atomic E-state index is -2.86. The van der Waals surface area contributed by atoms with Gasteiger partial charge in [-0.25, -0.2) is 8.42 Å². The van der Waals surface area contributed by atoms with E-state index in [2.05, 4.69) is 20.8 Å². The maximum absolute atomic E-state index is 12.3. The van der Waals surface area contributed by atoms with Gasteiger partial charge in [0.15, 0.2) is 16.4 Å². The van der Waals surface area contributed by atoms with Gasteiger partial charge < -0.3 is 9.64 Å². The average molecular weight is 417 g/mol. The Morgan fingerprint density at radius 2 is 2.00 bits per heavy atom. The van der Waals surface area contributed by atoms with E-state index in [4.69, 9.17) is 4.74 Å². The van der Waals surface area contributed by atoms with Gasteiger partial charge in [-0.05, 0) is 24.6 Å². The highest BCUT2D eigenvalue weighted by Gasteiger charge is 2.34. The van der Waals surface area contributed by atoms with Gasteiger partial charge in [0.05, 0.1) is 11.5 Å². The van der Waals surface area contributed by atoms with Crippen LogP contribution in [0.4, 0.5) is 0 Å². The van der Waals surface area contributed by atoms with Crippen LogP contribution in [-0.2, 0) is 14.6 Å². The normalized spacial score (nSPS) is 24.0. The highest BCUT2D eigenvalue weighted by molar-refractivity contribution is 9.10. The largest absolute Gasteiger partial charge is 0.484 e. The van der Waals surface area contributed by atoms with Crippen molar-refractivity contribution in [2.45, 2.75) is 12.5 Å². The Morgan fingerprint density at radius 1 is 1.25 bits per heavy atom. The number of rotatable bonds is 4. The van der Waals surface area contributed by atoms with Crippen LogP contribution in [0.1, 0.15) is 6.42 Å². The van der Waals surface area contributed by atoms with E-state index < -0.39 is 9.84 Å². The lowest BCUT2D eigenvalue weighted by atomic mass is 10.2. The number of carbonyl (C=O) groups excluding carboxylic acids is 1. The minimum absolute atomic E-state index is 0.0221. The summed E-state index contributed by atoms with van der Waals surface area (Å²) in [4.78, 5) is 16.2. The van der Waals surface area contributed by atoms with Gasteiger partial charge in [0.1, 0.15) is 5.75 Å². The van der Waals surface area contributed by atoms with E-state index >= 15 is 0 Å². The van der Waals surface area contributed by atoms with Gasteiger partial charge in [-0.3, -0.25) is 9.69 Å². The number of benzene rings is 1. The quantitative estimate of drug-likeness (QED) is 0.736. The topological polar surface area (TPSA) is 66.9 Å². The van der Waals surface area contributed by atoms with Crippen molar-refractivity contribution in [3.8, 4) is 5.75 Å². The van der Waals surface area contributed by atoms with Crippen LogP contribution in [0.15, 0.2) is 28.7 Å². The van der Waals surface area contributed by atoms with Gasteiger partial charge in [-0.15, -0.1) is 0 Å². The summed E-state index contributed by atoms with van der Waals surface area (Å²) in [6.45, 7) is 2.72. The molecular weight excluding hydrogens is 396 g/mol. The van der Waals surface area contributed by atoms with Crippen LogP contribution in [0.3, 0.4) is 0 Å². The molecule has 2 aliphatic heterocycles. The van der Waals surface area contributed by atoms with Gasteiger partial charge in [0, 0.05) is 36.7 Å². The van der Waals surface area contributed by atoms with Gasteiger partial charge >= 0.3 is 0 Å². The Bertz CT molecular complexity index is 702. The fourth-order valence-corrected chi connectivity index (χ4v) is 5.33. The lowest BCUT2D eigenvalue weighted by Crippen LogP contribution is -2.53. The van der Waals surface area contributed by atoms with Crippen LogP contribution in [0, 0.1) is 0 Å². The molecule has 6 nitrogen and oxygen atoms in total. The molecule has 1 atom stereocenters. The van der Waals surface area contributed by atoms with E-state index in [-0.39, 0.29) is 30.1 Å². The molecule has 3 rings (SSSR count). The van der Waals surface area contributed by atoms with Crippen molar-refractivity contribution in [3.05, 3.63) is 28.7 Å². The number of hydrogen-bond donors (Lipinski definition) is 0. The predicted molar refractivity (Wildman–Crippen MR) is 94.8 cm³/mol. The summed E-state index contributed by atoms with van der Waals surface area (Å²) in [6.07, 6.45) is 0.711. The Kier molecular flexibility index (Phi) is 5.46. The third-order valence-electron chi connectivity index (χ3n) is 4.55. The molecular formula is C16H21BrN2O4S. The molecule has 8 heteroatoms. The summed E-state index contributed by atoms with van der Waals surface area (Å²) in [5, 5.41) is 0. The lowest BCUT2D eigenvalue weighted by Gasteiger charge is -2.37. The zero-order valence-corrected chi connectivity index (χ0v) is 15.8. The molecule has 1 aromatic carbocycles. The van der Waals surface area contributed by atoms with E-state index in [9.17, 15) is 13.2 Å². The monoisotopic (exact) mass is 416 g/mol. The molecule has 0 unspecified atom stereocenters. The van der Waals surface area contributed by atoms with Crippen LogP contribution in [0.2, 0.25) is 0 Å². The third kappa shape index (κ3) is 4.49. The predicted octanol–water partition coefficient (Wildman–Crippen LogP) is 1.16. The van der Waals surface area contributed by atoms with Crippen molar-refractivity contribution in [3.63, 3.8) is 0 Å². The lowest BCUT2D eigenvalue weighted by molar-refractivity contribution is -0.135. The Morgan fingerprint density at radius 3 is 2.62 bits per heavy atom. The zero-order chi connectivity index (χ0) is 17.2. The number of piperazine rings is 1. The maximum Gasteiger partial charge on any atom is 0.260 e. The first-order valence-electron chi connectivity index (χ1n) is 8.03. The van der Waals surface area contributed by atoms with Crippen LogP contribution in [0.5, 0.6) is 5.75 Å². The zero-order valence-electron chi connectivity index (χ0n) is 13.4. The van der Waals surface area contributed by atoms with Crippen molar-refractivity contribution in [2.24, 2.45) is 0 Å². The number of ether oxygens (including phenoxy) is 1. The minimum Gasteiger partial charge on any atom is -0.484 e. The van der Waals surface area contributed by atoms with Gasteiger partial charge in [-0.2, -0.15) is 0 Å². The third-order valence-corrected chi connectivity index (χ3v) is 6.79. The SMILES string of the molecule is O=C(COc1cccc(Br)c1)N1CCN([C@H]2CCS(=O)(=O)C2)CC1. The molecule has 0 aliphatic carbocycles. The van der Waals surface area contributed by atoms with E-state index in [1.165, 1.54) is 0 Å². The number of carbonyl (C=O) groups is 1. The van der Waals surface area contributed by atoms with Crippen LogP contribution >= 0.6 is 15.9 Å². The molecule has 24 heavy (non-hydrogen) atoms. The number of nitrogens with zero attached hydrogens (tertiary/aromatic N) is 2. The standard InChI is InChI=1S/C16H21BrN2O4S/c17-13-2-1-3-15(10-13)23-11-16(20)19-7-5-18(6-8-19)14-4-9-24(21,22)12-14/h1-3,10,14H,4-9,11-12H2/t14-/m0/s1. The number of hydrogen-bond acceptors (Lipinski definition) is 5. The number of sulfone groups is 1. The second-order valence-corrected chi connectivity index (χ2v) is 9.36. The summed E-state index contributed by atoms with van der Waals surface area (Å²) in [5.41, 5.74) is 0. The molecule has 0 radical (unpaired) electrons. The van der Waals surface area contributed by atoms with Gasteiger partial charge in [0.2, 0.25) is 0 Å². The highest BCUT2D eigenvalue weighted by Crippen LogP contribution is 2.20. The molecule has 0 bridgehead atoms. The summed E-state index contributed by atoms with van der Waals surface area (Å²) in [6, 6.07) is 7.52. The summed E-state index contributed by atoms with van der Waals surface area (Å²) < 4.78 is 29.6. The summed E-state index contributed by atoms with van der Waals surface area (Å²) >= 11 is 3.37. The number of amides is 1. The van der Waals surface area contributed by atoms with Crippen LogP contribution < -0.4 is 4.74 Å². The van der Waals surface area contributed by atoms with Gasteiger partial charge in [0.25, 0.3) is 5.91 Å². The van der Waals surface area contributed by atoms with Gasteiger partial charge in [-0.1, -0.05) is 22.0 Å². The molecule has 0 aromatic heterocycles. The van der Waals surface area contributed by atoms with E-state index in [1.807, 2.05) is 24.3 Å². The van der Waals surface area contributed by atoms with E-state index in [0.717, 1.165) is 17.6 Å². The first-order valence-corrected chi connectivity index (χ1v) is 10.6. The summed E-state index contributed by atoms with van der Waals surface area (Å²) in [7, 11) is -2.86. The van der Waals surface area contributed by atoms with Crippen molar-refractivity contribution < 1.29 is 17.9 Å². The molecule has 132 valence electrons. The number of halogens is 1. The molecule has 0 saturated carbocycles. The molecule has 0 spiro atoms. The molecule has 2 heterocycles. The molecule has 0 N–H and O–H groups in total. The maximum atomic E-state index is 12.3. The molecule has 1 amide bonds. The summed E-state index contributed by atoms with van der Waals surface area (Å²) in [5.74, 6) is 1.17. The second kappa shape index (κ2) is 7.41. The molecule has 2 aliphatic rings.